The summed E-state index contributed by atoms with van der Waals surface area (Å²) in [6, 6.07) is 0. The lowest BCUT2D eigenvalue weighted by atomic mass is 10.0. The highest BCUT2D eigenvalue weighted by Gasteiger charge is 2.36. The molecule has 250 valence electrons. The van der Waals surface area contributed by atoms with Gasteiger partial charge < -0.3 is 28.4 Å². The standard InChI is InChI=1S/C29H54N4O10/c1-13-20(31-23(35)41-26(4,5)6)38-16-29(30-19-34,17-39-21(14-2)32-24(36)42-27(7,8)9)18-40-22(15-3)33-25(37)43-28(10,11)12/h20-22H,13-18H2,1-12H3,(H,31,35)(H,32,36)(H,33,37). The molecule has 0 heterocycles. The maximum absolute atomic E-state index is 12.3. The first kappa shape index (κ1) is 40.1. The third-order valence-electron chi connectivity index (χ3n) is 5.09. The second-order valence-corrected chi connectivity index (χ2v) is 13.0. The number of rotatable bonds is 16. The van der Waals surface area contributed by atoms with Gasteiger partial charge in [-0.3, -0.25) is 16.0 Å². The van der Waals surface area contributed by atoms with Crippen LogP contribution in [-0.2, 0) is 33.2 Å². The van der Waals surface area contributed by atoms with E-state index in [0.29, 0.717) is 19.3 Å². The smallest absolute Gasteiger partial charge is 0.409 e. The van der Waals surface area contributed by atoms with Crippen LogP contribution in [0.2, 0.25) is 0 Å². The van der Waals surface area contributed by atoms with Crippen molar-refractivity contribution in [2.75, 3.05) is 19.8 Å². The molecule has 0 aromatic carbocycles. The Bertz CT molecular complexity index is 815. The Morgan fingerprint density at radius 1 is 0.581 bits per heavy atom. The summed E-state index contributed by atoms with van der Waals surface area (Å²) < 4.78 is 33.8. The van der Waals surface area contributed by atoms with Gasteiger partial charge in [-0.1, -0.05) is 20.8 Å². The second-order valence-electron chi connectivity index (χ2n) is 13.0. The molecule has 0 saturated heterocycles. The van der Waals surface area contributed by atoms with Crippen LogP contribution in [0.4, 0.5) is 14.4 Å². The van der Waals surface area contributed by atoms with Crippen molar-refractivity contribution in [3.05, 3.63) is 0 Å². The van der Waals surface area contributed by atoms with E-state index in [-0.39, 0.29) is 19.8 Å². The molecule has 0 radical (unpaired) electrons. The monoisotopic (exact) mass is 618 g/mol. The van der Waals surface area contributed by atoms with Gasteiger partial charge in [-0.05, 0) is 81.6 Å². The number of carbonyl (C=O) groups is 3. The lowest BCUT2D eigenvalue weighted by Crippen LogP contribution is -2.51. The molecule has 0 aliphatic rings. The molecule has 0 rings (SSSR count). The Labute approximate surface area is 256 Å². The first-order valence-corrected chi connectivity index (χ1v) is 14.6. The zero-order chi connectivity index (χ0) is 33.5. The van der Waals surface area contributed by atoms with E-state index in [0.717, 1.165) is 0 Å². The van der Waals surface area contributed by atoms with Crippen LogP contribution in [0.5, 0.6) is 0 Å². The Balaban J connectivity index is 5.92. The number of amides is 3. The molecule has 3 unspecified atom stereocenters. The van der Waals surface area contributed by atoms with E-state index in [1.54, 1.807) is 89.2 Å². The lowest BCUT2D eigenvalue weighted by molar-refractivity contribution is -0.0886. The SMILES string of the molecule is CCC(NC(=O)OC(C)(C)C)OCC(COC(CC)NC(=O)OC(C)(C)C)(COC(CC)NC(=O)OC(C)(C)C)N=C=O. The van der Waals surface area contributed by atoms with Gasteiger partial charge >= 0.3 is 18.3 Å². The van der Waals surface area contributed by atoms with Gasteiger partial charge in [-0.2, -0.15) is 4.99 Å². The van der Waals surface area contributed by atoms with Gasteiger partial charge in [0, 0.05) is 0 Å². The van der Waals surface area contributed by atoms with Crippen LogP contribution in [0.1, 0.15) is 102 Å². The van der Waals surface area contributed by atoms with E-state index in [1.165, 1.54) is 0 Å². The average molecular weight is 619 g/mol. The summed E-state index contributed by atoms with van der Waals surface area (Å²) in [5, 5.41) is 7.90. The number of aliphatic imine (C=N–C) groups is 1. The molecular formula is C29H54N4O10. The largest absolute Gasteiger partial charge is 0.444 e. The number of hydrogen-bond acceptors (Lipinski definition) is 11. The number of alkyl carbamates (subject to hydrolysis) is 3. The summed E-state index contributed by atoms with van der Waals surface area (Å²) in [5.74, 6) is 0. The molecule has 0 aliphatic heterocycles. The fourth-order valence-corrected chi connectivity index (χ4v) is 3.19. The van der Waals surface area contributed by atoms with Crippen LogP contribution in [0.15, 0.2) is 4.99 Å². The Morgan fingerprint density at radius 3 is 1.02 bits per heavy atom. The van der Waals surface area contributed by atoms with Gasteiger partial charge in [-0.25, -0.2) is 19.2 Å². The Hall–Kier alpha value is -2.93. The van der Waals surface area contributed by atoms with Gasteiger partial charge in [0.2, 0.25) is 6.08 Å². The van der Waals surface area contributed by atoms with Gasteiger partial charge in [-0.15, -0.1) is 0 Å². The molecule has 0 fully saturated rings. The van der Waals surface area contributed by atoms with Crippen molar-refractivity contribution in [3.8, 4) is 0 Å². The minimum absolute atomic E-state index is 0.262. The molecule has 0 spiro atoms. The molecule has 14 nitrogen and oxygen atoms in total. The highest BCUT2D eigenvalue weighted by atomic mass is 16.6. The van der Waals surface area contributed by atoms with E-state index in [4.69, 9.17) is 28.4 Å². The Kier molecular flexibility index (Phi) is 16.8. The van der Waals surface area contributed by atoms with E-state index >= 15 is 0 Å². The summed E-state index contributed by atoms with van der Waals surface area (Å²) in [4.78, 5) is 52.6. The van der Waals surface area contributed by atoms with Gasteiger partial charge in [0.25, 0.3) is 0 Å². The average Bonchev–Trinajstić information content (AvgIpc) is 2.83. The van der Waals surface area contributed by atoms with Crippen LogP contribution < -0.4 is 16.0 Å². The fourth-order valence-electron chi connectivity index (χ4n) is 3.19. The second kappa shape index (κ2) is 18.0. The molecule has 43 heavy (non-hydrogen) atoms. The van der Waals surface area contributed by atoms with Crippen molar-refractivity contribution < 1.29 is 47.6 Å². The molecule has 3 N–H and O–H groups in total. The van der Waals surface area contributed by atoms with Crippen molar-refractivity contribution in [2.24, 2.45) is 4.99 Å². The number of hydrogen-bond donors (Lipinski definition) is 3. The Morgan fingerprint density at radius 2 is 0.837 bits per heavy atom. The van der Waals surface area contributed by atoms with E-state index in [1.807, 2.05) is 0 Å². The van der Waals surface area contributed by atoms with Crippen LogP contribution in [-0.4, -0.2) is 85.2 Å². The van der Waals surface area contributed by atoms with Crippen molar-refractivity contribution in [1.82, 2.24) is 16.0 Å². The minimum Gasteiger partial charge on any atom is -0.444 e. The van der Waals surface area contributed by atoms with Crippen LogP contribution in [0, 0.1) is 0 Å². The van der Waals surface area contributed by atoms with Gasteiger partial charge in [0.15, 0.2) is 0 Å². The first-order chi connectivity index (χ1) is 19.7. The zero-order valence-electron chi connectivity index (χ0n) is 28.0. The molecule has 3 amide bonds. The third-order valence-corrected chi connectivity index (χ3v) is 5.09. The van der Waals surface area contributed by atoms with Crippen molar-refractivity contribution >= 4 is 24.4 Å². The first-order valence-electron chi connectivity index (χ1n) is 14.6. The number of isocyanates is 1. The molecular weight excluding hydrogens is 564 g/mol. The molecule has 0 aliphatic carbocycles. The van der Waals surface area contributed by atoms with Gasteiger partial charge in [0.1, 0.15) is 41.0 Å². The normalized spacial score (nSPS) is 15.5. The van der Waals surface area contributed by atoms with Crippen LogP contribution in [0.3, 0.4) is 0 Å². The van der Waals surface area contributed by atoms with Gasteiger partial charge in [0.05, 0.1) is 19.8 Å². The van der Waals surface area contributed by atoms with Crippen molar-refractivity contribution in [2.45, 2.75) is 143 Å². The predicted octanol–water partition coefficient (Wildman–Crippen LogP) is 4.89. The van der Waals surface area contributed by atoms with E-state index in [2.05, 4.69) is 20.9 Å². The van der Waals surface area contributed by atoms with E-state index < -0.39 is 59.3 Å². The summed E-state index contributed by atoms with van der Waals surface area (Å²) in [7, 11) is 0. The zero-order valence-corrected chi connectivity index (χ0v) is 28.0. The fraction of sp³-hybridized carbons (Fsp3) is 0.862. The number of nitrogens with one attached hydrogen (secondary N) is 3. The molecule has 0 saturated carbocycles. The predicted molar refractivity (Wildman–Crippen MR) is 159 cm³/mol. The molecule has 0 bridgehead atoms. The van der Waals surface area contributed by atoms with Crippen LogP contribution in [0.25, 0.3) is 0 Å². The molecule has 0 aromatic rings. The molecule has 0 aromatic heterocycles. The summed E-state index contributed by atoms with van der Waals surface area (Å²) in [6.45, 7) is 20.2. The van der Waals surface area contributed by atoms with Crippen LogP contribution >= 0.6 is 0 Å². The number of ether oxygens (including phenoxy) is 6. The highest BCUT2D eigenvalue weighted by molar-refractivity contribution is 5.68. The number of carbonyl (C=O) groups excluding carboxylic acids is 4. The molecule has 14 heteroatoms. The number of nitrogens with zero attached hydrogens (tertiary/aromatic N) is 1. The quantitative estimate of drug-likeness (QED) is 0.0935. The maximum atomic E-state index is 12.3. The minimum atomic E-state index is -1.49. The molecule has 3 atom stereocenters. The summed E-state index contributed by atoms with van der Waals surface area (Å²) in [6.07, 6.45) is -1.84. The third kappa shape index (κ3) is 19.8. The van der Waals surface area contributed by atoms with Crippen molar-refractivity contribution in [1.29, 1.82) is 0 Å². The lowest BCUT2D eigenvalue weighted by Gasteiger charge is -2.33. The highest BCUT2D eigenvalue weighted by Crippen LogP contribution is 2.19. The maximum Gasteiger partial charge on any atom is 0.409 e. The summed E-state index contributed by atoms with van der Waals surface area (Å²) >= 11 is 0. The summed E-state index contributed by atoms with van der Waals surface area (Å²) in [5.41, 5.74) is -3.65. The van der Waals surface area contributed by atoms with E-state index in [9.17, 15) is 19.2 Å². The topological polar surface area (TPSA) is 172 Å². The van der Waals surface area contributed by atoms with Crippen molar-refractivity contribution in [3.63, 3.8) is 0 Å².